The van der Waals surface area contributed by atoms with Gasteiger partial charge in [0.05, 0.1) is 0 Å². The standard InChI is InChI=1S/C25H29N3O4/c1-15-5-7-20(16(2)13-15)26-25(30)27-21-14-18-6-8-22(17(3)23(18)32-24(21)29)31-19-9-11-28(4)12-10-19/h5-8,13-14,19H,9-12H2,1-4H3,(H2,26,27,30). The number of benzene rings is 2. The van der Waals surface area contributed by atoms with Gasteiger partial charge in [-0.15, -0.1) is 0 Å². The molecule has 7 nitrogen and oxygen atoms in total. The normalized spacial score (nSPS) is 15.0. The molecule has 4 rings (SSSR count). The first-order chi connectivity index (χ1) is 15.3. The molecule has 32 heavy (non-hydrogen) atoms. The Balaban J connectivity index is 1.52. The number of fused-ring (bicyclic) bond motifs is 1. The van der Waals surface area contributed by atoms with E-state index in [0.29, 0.717) is 11.3 Å². The van der Waals surface area contributed by atoms with Gasteiger partial charge in [0.2, 0.25) is 0 Å². The van der Waals surface area contributed by atoms with E-state index in [1.807, 2.05) is 51.1 Å². The summed E-state index contributed by atoms with van der Waals surface area (Å²) in [6.45, 7) is 7.80. The zero-order valence-corrected chi connectivity index (χ0v) is 19.0. The van der Waals surface area contributed by atoms with Crippen molar-refractivity contribution in [2.75, 3.05) is 30.8 Å². The maximum absolute atomic E-state index is 12.6. The summed E-state index contributed by atoms with van der Waals surface area (Å²) in [4.78, 5) is 27.3. The molecule has 0 bridgehead atoms. The molecule has 2 aromatic carbocycles. The molecule has 7 heteroatoms. The van der Waals surface area contributed by atoms with Gasteiger partial charge in [0.15, 0.2) is 0 Å². The van der Waals surface area contributed by atoms with E-state index >= 15 is 0 Å². The van der Waals surface area contributed by atoms with Gasteiger partial charge in [0, 0.05) is 29.7 Å². The average molecular weight is 436 g/mol. The van der Waals surface area contributed by atoms with E-state index in [1.54, 1.807) is 6.07 Å². The predicted octanol–water partition coefficient (Wildman–Crippen LogP) is 4.84. The maximum Gasteiger partial charge on any atom is 0.360 e. The van der Waals surface area contributed by atoms with Crippen LogP contribution in [0.3, 0.4) is 0 Å². The highest BCUT2D eigenvalue weighted by Gasteiger charge is 2.20. The summed E-state index contributed by atoms with van der Waals surface area (Å²) >= 11 is 0. The Morgan fingerprint density at radius 3 is 2.47 bits per heavy atom. The molecule has 0 aliphatic carbocycles. The number of nitrogens with one attached hydrogen (secondary N) is 2. The van der Waals surface area contributed by atoms with Crippen molar-refractivity contribution in [3.8, 4) is 5.75 Å². The van der Waals surface area contributed by atoms with Crippen LogP contribution in [0, 0.1) is 20.8 Å². The van der Waals surface area contributed by atoms with Crippen LogP contribution < -0.4 is 21.0 Å². The number of carbonyl (C=O) groups is 1. The molecule has 0 spiro atoms. The summed E-state index contributed by atoms with van der Waals surface area (Å²) in [5.41, 5.74) is 3.47. The van der Waals surface area contributed by atoms with Crippen LogP contribution in [-0.2, 0) is 0 Å². The predicted molar refractivity (Wildman–Crippen MR) is 127 cm³/mol. The lowest BCUT2D eigenvalue weighted by atomic mass is 10.1. The average Bonchev–Trinajstić information content (AvgIpc) is 2.75. The quantitative estimate of drug-likeness (QED) is 0.573. The van der Waals surface area contributed by atoms with Gasteiger partial charge in [-0.05, 0) is 70.5 Å². The summed E-state index contributed by atoms with van der Waals surface area (Å²) in [5, 5.41) is 6.10. The number of amides is 2. The number of anilines is 2. The maximum atomic E-state index is 12.6. The molecule has 0 saturated carbocycles. The largest absolute Gasteiger partial charge is 0.490 e. The molecule has 0 radical (unpaired) electrons. The van der Waals surface area contributed by atoms with E-state index in [4.69, 9.17) is 9.15 Å². The molecule has 1 aliphatic rings. The number of ether oxygens (including phenoxy) is 1. The number of nitrogens with zero attached hydrogens (tertiary/aromatic N) is 1. The van der Waals surface area contributed by atoms with Gasteiger partial charge < -0.3 is 24.7 Å². The Morgan fingerprint density at radius 1 is 1.03 bits per heavy atom. The van der Waals surface area contributed by atoms with Crippen molar-refractivity contribution in [3.05, 3.63) is 63.5 Å². The zero-order chi connectivity index (χ0) is 22.8. The molecule has 1 aliphatic heterocycles. The lowest BCUT2D eigenvalue weighted by Crippen LogP contribution is -2.35. The lowest BCUT2D eigenvalue weighted by Gasteiger charge is -2.29. The van der Waals surface area contributed by atoms with Crippen LogP contribution >= 0.6 is 0 Å². The minimum Gasteiger partial charge on any atom is -0.490 e. The fourth-order valence-corrected chi connectivity index (χ4v) is 4.03. The van der Waals surface area contributed by atoms with Crippen LogP contribution in [0.5, 0.6) is 5.75 Å². The van der Waals surface area contributed by atoms with Crippen molar-refractivity contribution < 1.29 is 13.9 Å². The molecule has 2 N–H and O–H groups in total. The smallest absolute Gasteiger partial charge is 0.360 e. The number of piperidine rings is 1. The molecule has 1 fully saturated rings. The Bertz CT molecular complexity index is 1210. The van der Waals surface area contributed by atoms with E-state index in [1.165, 1.54) is 0 Å². The second-order valence-electron chi connectivity index (χ2n) is 8.57. The van der Waals surface area contributed by atoms with Gasteiger partial charge in [-0.25, -0.2) is 9.59 Å². The van der Waals surface area contributed by atoms with Crippen molar-refractivity contribution >= 4 is 28.4 Å². The Morgan fingerprint density at radius 2 is 1.75 bits per heavy atom. The van der Waals surface area contributed by atoms with Crippen molar-refractivity contribution in [2.24, 2.45) is 0 Å². The minimum absolute atomic E-state index is 0.0863. The summed E-state index contributed by atoms with van der Waals surface area (Å²) < 4.78 is 11.8. The number of rotatable bonds is 4. The number of hydrogen-bond donors (Lipinski definition) is 2. The highest BCUT2D eigenvalue weighted by molar-refractivity contribution is 6.01. The minimum atomic E-state index is -0.604. The van der Waals surface area contributed by atoms with E-state index in [9.17, 15) is 9.59 Å². The molecule has 0 unspecified atom stereocenters. The summed E-state index contributed by atoms with van der Waals surface area (Å²) in [6.07, 6.45) is 2.09. The Labute approximate surface area is 187 Å². The summed E-state index contributed by atoms with van der Waals surface area (Å²) in [7, 11) is 2.11. The lowest BCUT2D eigenvalue weighted by molar-refractivity contribution is 0.113. The summed E-state index contributed by atoms with van der Waals surface area (Å²) in [6, 6.07) is 10.6. The van der Waals surface area contributed by atoms with Gasteiger partial charge >= 0.3 is 11.7 Å². The van der Waals surface area contributed by atoms with Crippen LogP contribution in [0.4, 0.5) is 16.2 Å². The monoisotopic (exact) mass is 435 g/mol. The van der Waals surface area contributed by atoms with Crippen molar-refractivity contribution in [1.29, 1.82) is 0 Å². The highest BCUT2D eigenvalue weighted by atomic mass is 16.5. The van der Waals surface area contributed by atoms with E-state index in [0.717, 1.165) is 53.8 Å². The van der Waals surface area contributed by atoms with E-state index in [-0.39, 0.29) is 11.8 Å². The third-order valence-corrected chi connectivity index (χ3v) is 5.94. The molecule has 2 heterocycles. The molecule has 1 aromatic heterocycles. The van der Waals surface area contributed by atoms with Crippen LogP contribution in [0.2, 0.25) is 0 Å². The van der Waals surface area contributed by atoms with Crippen LogP contribution in [-0.4, -0.2) is 37.2 Å². The van der Waals surface area contributed by atoms with Gasteiger partial charge in [-0.2, -0.15) is 0 Å². The van der Waals surface area contributed by atoms with Gasteiger partial charge in [0.25, 0.3) is 0 Å². The number of likely N-dealkylation sites (tertiary alicyclic amines) is 1. The molecular weight excluding hydrogens is 406 g/mol. The number of urea groups is 1. The molecule has 3 aromatic rings. The second kappa shape index (κ2) is 9.04. The molecule has 168 valence electrons. The fraction of sp³-hybridized carbons (Fsp3) is 0.360. The van der Waals surface area contributed by atoms with Crippen molar-refractivity contribution in [2.45, 2.75) is 39.7 Å². The summed E-state index contributed by atoms with van der Waals surface area (Å²) in [5.74, 6) is 0.725. The fourth-order valence-electron chi connectivity index (χ4n) is 4.03. The van der Waals surface area contributed by atoms with Crippen LogP contribution in [0.25, 0.3) is 11.0 Å². The van der Waals surface area contributed by atoms with Gasteiger partial charge in [-0.3, -0.25) is 0 Å². The molecule has 1 saturated heterocycles. The number of carbonyl (C=O) groups excluding carboxylic acids is 1. The van der Waals surface area contributed by atoms with E-state index in [2.05, 4.69) is 22.6 Å². The third-order valence-electron chi connectivity index (χ3n) is 5.94. The topological polar surface area (TPSA) is 83.8 Å². The highest BCUT2D eigenvalue weighted by Crippen LogP contribution is 2.30. The number of aryl methyl sites for hydroxylation is 3. The zero-order valence-electron chi connectivity index (χ0n) is 19.0. The van der Waals surface area contributed by atoms with Crippen molar-refractivity contribution in [1.82, 2.24) is 4.90 Å². The van der Waals surface area contributed by atoms with Crippen molar-refractivity contribution in [3.63, 3.8) is 0 Å². The Kier molecular flexibility index (Phi) is 6.19. The Hall–Kier alpha value is -3.32. The third kappa shape index (κ3) is 4.78. The first-order valence-electron chi connectivity index (χ1n) is 10.9. The molecule has 0 atom stereocenters. The van der Waals surface area contributed by atoms with Gasteiger partial charge in [-0.1, -0.05) is 17.7 Å². The number of hydrogen-bond acceptors (Lipinski definition) is 5. The van der Waals surface area contributed by atoms with Gasteiger partial charge in [0.1, 0.15) is 23.1 Å². The molecule has 2 amide bonds. The second-order valence-corrected chi connectivity index (χ2v) is 8.57. The van der Waals surface area contributed by atoms with Crippen LogP contribution in [0.15, 0.2) is 45.6 Å². The van der Waals surface area contributed by atoms with E-state index < -0.39 is 11.7 Å². The first-order valence-corrected chi connectivity index (χ1v) is 10.9. The van der Waals surface area contributed by atoms with Crippen LogP contribution in [0.1, 0.15) is 29.5 Å². The first kappa shape index (κ1) is 21.9. The molecular formula is C25H29N3O4. The SMILES string of the molecule is Cc1ccc(NC(=O)Nc2cc3ccc(OC4CCN(C)CC4)c(C)c3oc2=O)c(C)c1.